The van der Waals surface area contributed by atoms with Gasteiger partial charge in [-0.05, 0) is 43.2 Å². The summed E-state index contributed by atoms with van der Waals surface area (Å²) in [5.41, 5.74) is 0.0334. The van der Waals surface area contributed by atoms with E-state index in [1.807, 2.05) is 6.08 Å². The summed E-state index contributed by atoms with van der Waals surface area (Å²) in [6, 6.07) is 5.01. The van der Waals surface area contributed by atoms with Crippen molar-refractivity contribution in [2.45, 2.75) is 25.1 Å². The smallest absolute Gasteiger partial charge is 0.416 e. The topological polar surface area (TPSA) is 21.3 Å². The molecule has 0 amide bonds. The number of hydrogen-bond donors (Lipinski definition) is 1. The van der Waals surface area contributed by atoms with E-state index in [0.29, 0.717) is 12.2 Å². The number of benzene rings is 1. The maximum absolute atomic E-state index is 12.3. The molecule has 5 heteroatoms. The highest BCUT2D eigenvalue weighted by atomic mass is 19.4. The van der Waals surface area contributed by atoms with Crippen LogP contribution in [0.15, 0.2) is 36.6 Å². The number of ether oxygens (including phenoxy) is 1. The van der Waals surface area contributed by atoms with E-state index in [1.165, 1.54) is 12.1 Å². The first kappa shape index (κ1) is 12.8. The number of nitrogens with one attached hydrogen (secondary N) is 1. The van der Waals surface area contributed by atoms with Crippen LogP contribution in [0.5, 0.6) is 0 Å². The van der Waals surface area contributed by atoms with Crippen LogP contribution < -0.4 is 5.32 Å². The van der Waals surface area contributed by atoms with Crippen LogP contribution in [0.3, 0.4) is 0 Å². The molecule has 0 aliphatic carbocycles. The van der Waals surface area contributed by atoms with Crippen molar-refractivity contribution >= 4 is 5.69 Å². The molecular formula is C13H14F3NO. The first-order valence-corrected chi connectivity index (χ1v) is 5.77. The van der Waals surface area contributed by atoms with E-state index in [0.717, 1.165) is 25.0 Å². The van der Waals surface area contributed by atoms with Gasteiger partial charge in [-0.2, -0.15) is 13.2 Å². The lowest BCUT2D eigenvalue weighted by Gasteiger charge is -2.20. The molecule has 1 heterocycles. The Kier molecular flexibility index (Phi) is 3.79. The van der Waals surface area contributed by atoms with Gasteiger partial charge < -0.3 is 10.1 Å². The summed E-state index contributed by atoms with van der Waals surface area (Å²) in [4.78, 5) is 0. The Labute approximate surface area is 103 Å². The van der Waals surface area contributed by atoms with E-state index >= 15 is 0 Å². The summed E-state index contributed by atoms with van der Waals surface area (Å²) in [7, 11) is 0. The molecule has 2 rings (SSSR count). The molecule has 1 aliphatic heterocycles. The molecule has 0 saturated carbocycles. The van der Waals surface area contributed by atoms with E-state index in [1.54, 1.807) is 6.26 Å². The lowest BCUT2D eigenvalue weighted by Crippen LogP contribution is -2.22. The number of halogens is 3. The molecule has 0 radical (unpaired) electrons. The Morgan fingerprint density at radius 2 is 1.94 bits per heavy atom. The van der Waals surface area contributed by atoms with Gasteiger partial charge >= 0.3 is 6.18 Å². The fraction of sp³-hybridized carbons (Fsp3) is 0.385. The second-order valence-electron chi connectivity index (χ2n) is 4.16. The molecule has 1 aromatic rings. The molecule has 98 valence electrons. The van der Waals surface area contributed by atoms with E-state index in [4.69, 9.17) is 4.74 Å². The first-order chi connectivity index (χ1) is 8.55. The first-order valence-electron chi connectivity index (χ1n) is 5.77. The summed E-state index contributed by atoms with van der Waals surface area (Å²) >= 11 is 0. The molecule has 2 nitrogen and oxygen atoms in total. The van der Waals surface area contributed by atoms with Gasteiger partial charge in [0.1, 0.15) is 6.10 Å². The minimum absolute atomic E-state index is 0.0808. The van der Waals surface area contributed by atoms with Crippen molar-refractivity contribution in [2.75, 3.05) is 11.9 Å². The lowest BCUT2D eigenvalue weighted by molar-refractivity contribution is -0.137. The van der Waals surface area contributed by atoms with Crippen LogP contribution in [-0.2, 0) is 10.9 Å². The molecule has 1 unspecified atom stereocenters. The molecule has 1 aromatic carbocycles. The van der Waals surface area contributed by atoms with E-state index in [-0.39, 0.29) is 6.10 Å². The minimum atomic E-state index is -4.28. The third-order valence-corrected chi connectivity index (χ3v) is 2.77. The highest BCUT2D eigenvalue weighted by molar-refractivity contribution is 5.45. The fourth-order valence-electron chi connectivity index (χ4n) is 1.74. The van der Waals surface area contributed by atoms with Crippen molar-refractivity contribution in [3.05, 3.63) is 42.2 Å². The molecule has 0 fully saturated rings. The van der Waals surface area contributed by atoms with Crippen LogP contribution in [0, 0.1) is 0 Å². The van der Waals surface area contributed by atoms with E-state index < -0.39 is 11.7 Å². The summed E-state index contributed by atoms with van der Waals surface area (Å²) in [5.74, 6) is 0. The quantitative estimate of drug-likeness (QED) is 0.889. The summed E-state index contributed by atoms with van der Waals surface area (Å²) < 4.78 is 42.4. The van der Waals surface area contributed by atoms with Gasteiger partial charge in [0.25, 0.3) is 0 Å². The average Bonchev–Trinajstić information content (AvgIpc) is 2.37. The summed E-state index contributed by atoms with van der Waals surface area (Å²) in [5, 5.41) is 3.07. The molecular weight excluding hydrogens is 243 g/mol. The van der Waals surface area contributed by atoms with Crippen LogP contribution in [0.25, 0.3) is 0 Å². The summed E-state index contributed by atoms with van der Waals surface area (Å²) in [6.45, 7) is 0.593. The van der Waals surface area contributed by atoms with Crippen LogP contribution in [0.1, 0.15) is 18.4 Å². The number of allylic oxidation sites excluding steroid dienone is 1. The van der Waals surface area contributed by atoms with Crippen molar-refractivity contribution in [3.63, 3.8) is 0 Å². The largest absolute Gasteiger partial charge is 0.497 e. The zero-order valence-corrected chi connectivity index (χ0v) is 9.70. The van der Waals surface area contributed by atoms with Crippen LogP contribution >= 0.6 is 0 Å². The van der Waals surface area contributed by atoms with Crippen molar-refractivity contribution in [1.29, 1.82) is 0 Å². The van der Waals surface area contributed by atoms with Crippen molar-refractivity contribution in [2.24, 2.45) is 0 Å². The Hall–Kier alpha value is -1.65. The van der Waals surface area contributed by atoms with Crippen molar-refractivity contribution < 1.29 is 17.9 Å². The molecule has 1 N–H and O–H groups in total. The molecule has 0 spiro atoms. The van der Waals surface area contributed by atoms with E-state index in [9.17, 15) is 13.2 Å². The fourth-order valence-corrected chi connectivity index (χ4v) is 1.74. The highest BCUT2D eigenvalue weighted by Gasteiger charge is 2.29. The Balaban J connectivity index is 1.88. The van der Waals surface area contributed by atoms with Gasteiger partial charge in [-0.25, -0.2) is 0 Å². The molecule has 0 aromatic heterocycles. The van der Waals surface area contributed by atoms with Crippen molar-refractivity contribution in [3.8, 4) is 0 Å². The monoisotopic (exact) mass is 257 g/mol. The Morgan fingerprint density at radius 3 is 2.50 bits per heavy atom. The van der Waals surface area contributed by atoms with Gasteiger partial charge in [-0.1, -0.05) is 0 Å². The second kappa shape index (κ2) is 5.33. The molecule has 1 aliphatic rings. The number of hydrogen-bond acceptors (Lipinski definition) is 2. The number of anilines is 1. The van der Waals surface area contributed by atoms with Crippen molar-refractivity contribution in [1.82, 2.24) is 0 Å². The third kappa shape index (κ3) is 3.42. The predicted molar refractivity (Wildman–Crippen MR) is 63.2 cm³/mol. The predicted octanol–water partition coefficient (Wildman–Crippen LogP) is 3.81. The van der Waals surface area contributed by atoms with Gasteiger partial charge in [-0.15, -0.1) is 0 Å². The maximum atomic E-state index is 12.3. The van der Waals surface area contributed by atoms with E-state index in [2.05, 4.69) is 5.32 Å². The Bertz CT molecular complexity index is 411. The van der Waals surface area contributed by atoms with Gasteiger partial charge in [-0.3, -0.25) is 0 Å². The van der Waals surface area contributed by atoms with Gasteiger partial charge in [0.2, 0.25) is 0 Å². The molecule has 18 heavy (non-hydrogen) atoms. The molecule has 1 atom stereocenters. The second-order valence-corrected chi connectivity index (χ2v) is 4.16. The highest BCUT2D eigenvalue weighted by Crippen LogP contribution is 2.29. The lowest BCUT2D eigenvalue weighted by atomic mass is 10.1. The van der Waals surface area contributed by atoms with Crippen LogP contribution in [-0.4, -0.2) is 12.6 Å². The van der Waals surface area contributed by atoms with Gasteiger partial charge in [0.05, 0.1) is 18.4 Å². The normalized spacial score (nSPS) is 19.4. The van der Waals surface area contributed by atoms with Gasteiger partial charge in [0.15, 0.2) is 0 Å². The number of rotatable bonds is 3. The standard InChI is InChI=1S/C13H14F3NO/c14-13(15,16)10-4-6-11(7-5-10)17-9-12-3-1-2-8-18-12/h2,4-8,12,17H,1,3,9H2. The zero-order valence-electron chi connectivity index (χ0n) is 9.70. The van der Waals surface area contributed by atoms with Crippen LogP contribution in [0.2, 0.25) is 0 Å². The minimum Gasteiger partial charge on any atom is -0.497 e. The third-order valence-electron chi connectivity index (χ3n) is 2.77. The number of alkyl halides is 3. The van der Waals surface area contributed by atoms with Crippen LogP contribution in [0.4, 0.5) is 18.9 Å². The molecule has 0 saturated heterocycles. The van der Waals surface area contributed by atoms with Gasteiger partial charge in [0, 0.05) is 5.69 Å². The maximum Gasteiger partial charge on any atom is 0.416 e. The molecule has 0 bridgehead atoms. The summed E-state index contributed by atoms with van der Waals surface area (Å²) in [6.07, 6.45) is 1.31. The average molecular weight is 257 g/mol. The zero-order chi connectivity index (χ0) is 13.0. The SMILES string of the molecule is FC(F)(F)c1ccc(NCC2CCC=CO2)cc1. The Morgan fingerprint density at radius 1 is 1.22 bits per heavy atom.